The van der Waals surface area contributed by atoms with Gasteiger partial charge in [-0.05, 0) is 28.5 Å². The van der Waals surface area contributed by atoms with Crippen molar-refractivity contribution < 1.29 is 18.6 Å². The number of guanidine groups is 1. The van der Waals surface area contributed by atoms with Gasteiger partial charge in [0.25, 0.3) is 5.91 Å². The van der Waals surface area contributed by atoms with Crippen LogP contribution in [0.15, 0.2) is 76.8 Å². The van der Waals surface area contributed by atoms with Crippen LogP contribution in [-0.4, -0.2) is 75.5 Å². The molecule has 3 aliphatic rings. The summed E-state index contributed by atoms with van der Waals surface area (Å²) < 4.78 is 15.5. The van der Waals surface area contributed by atoms with E-state index < -0.39 is 12.1 Å². The number of benzene rings is 3. The van der Waals surface area contributed by atoms with Crippen LogP contribution in [0.4, 0.5) is 9.18 Å². The lowest BCUT2D eigenvalue weighted by molar-refractivity contribution is -0.527. The summed E-state index contributed by atoms with van der Waals surface area (Å²) in [5.41, 5.74) is 2.48. The number of aliphatic imine (C=N–C) groups is 1. The number of amides is 3. The Bertz CT molecular complexity index is 1490. The average Bonchev–Trinajstić information content (AvgIpc) is 3.27. The smallest absolute Gasteiger partial charge is 0.270 e. The SMILES string of the molecule is CN1C(=O)C2C(=NC3=[N+]2CC(c2ccc(F)cc2)=NN3Cc2cccc3ccccc23)N(C)C1=O. The van der Waals surface area contributed by atoms with Crippen molar-refractivity contribution in [1.29, 1.82) is 0 Å². The zero-order valence-electron chi connectivity index (χ0n) is 19.2. The van der Waals surface area contributed by atoms with Crippen LogP contribution >= 0.6 is 0 Å². The van der Waals surface area contributed by atoms with E-state index in [0.717, 1.165) is 26.8 Å². The Kier molecular flexibility index (Phi) is 4.73. The molecule has 3 aliphatic heterocycles. The summed E-state index contributed by atoms with van der Waals surface area (Å²) in [5, 5.41) is 8.86. The summed E-state index contributed by atoms with van der Waals surface area (Å²) in [7, 11) is 3.09. The second-order valence-electron chi connectivity index (χ2n) is 8.79. The number of hydrogen-bond acceptors (Lipinski definition) is 5. The molecule has 0 aromatic heterocycles. The molecule has 3 aromatic carbocycles. The average molecular weight is 470 g/mol. The monoisotopic (exact) mass is 469 g/mol. The van der Waals surface area contributed by atoms with Crippen LogP contribution in [0.5, 0.6) is 0 Å². The largest absolute Gasteiger partial charge is 0.417 e. The number of rotatable bonds is 3. The Morgan fingerprint density at radius 1 is 0.971 bits per heavy atom. The minimum atomic E-state index is -0.737. The third-order valence-electron chi connectivity index (χ3n) is 6.68. The highest BCUT2D eigenvalue weighted by Gasteiger charge is 2.54. The van der Waals surface area contributed by atoms with Crippen LogP contribution in [0, 0.1) is 5.82 Å². The Labute approximate surface area is 200 Å². The van der Waals surface area contributed by atoms with Crippen molar-refractivity contribution in [3.8, 4) is 0 Å². The molecule has 0 radical (unpaired) electrons. The Balaban J connectivity index is 1.47. The van der Waals surface area contributed by atoms with Crippen molar-refractivity contribution in [2.24, 2.45) is 10.1 Å². The molecule has 0 saturated carbocycles. The van der Waals surface area contributed by atoms with Gasteiger partial charge in [-0.1, -0.05) is 59.6 Å². The molecule has 0 N–H and O–H groups in total. The topological polar surface area (TPSA) is 71.6 Å². The number of carbonyl (C=O) groups is 2. The molecular formula is C26H22FN6O2+. The second-order valence-corrected chi connectivity index (χ2v) is 8.79. The minimum absolute atomic E-state index is 0.298. The maximum absolute atomic E-state index is 13.6. The highest BCUT2D eigenvalue weighted by atomic mass is 19.1. The zero-order valence-corrected chi connectivity index (χ0v) is 19.2. The molecule has 3 aromatic rings. The standard InChI is InChI=1S/C26H22FN6O2/c1-30-23-22(24(34)31(2)26(30)35)32-15-21(17-10-12-19(27)13-11-17)29-33(25(32)28-23)14-18-8-5-7-16-6-3-4-9-20(16)18/h3-13,22H,14-15H2,1-2H3/q+1. The van der Waals surface area contributed by atoms with Gasteiger partial charge >= 0.3 is 12.0 Å². The van der Waals surface area contributed by atoms with Crippen LogP contribution in [0.2, 0.25) is 0 Å². The third-order valence-corrected chi connectivity index (χ3v) is 6.68. The molecule has 1 unspecified atom stereocenters. The first-order valence-corrected chi connectivity index (χ1v) is 11.3. The van der Waals surface area contributed by atoms with Gasteiger partial charge < -0.3 is 0 Å². The maximum Gasteiger partial charge on any atom is 0.417 e. The van der Waals surface area contributed by atoms with E-state index in [9.17, 15) is 14.0 Å². The van der Waals surface area contributed by atoms with Gasteiger partial charge in [-0.3, -0.25) is 14.6 Å². The van der Waals surface area contributed by atoms with Gasteiger partial charge in [0.05, 0.1) is 0 Å². The van der Waals surface area contributed by atoms with E-state index in [1.165, 1.54) is 24.1 Å². The van der Waals surface area contributed by atoms with Gasteiger partial charge in [-0.25, -0.2) is 13.8 Å². The van der Waals surface area contributed by atoms with Crippen molar-refractivity contribution in [1.82, 2.24) is 14.8 Å². The number of hydrogen-bond donors (Lipinski definition) is 0. The second kappa shape index (κ2) is 7.83. The fraction of sp³-hybridized carbons (Fsp3) is 0.192. The number of urea groups is 1. The molecule has 0 bridgehead atoms. The van der Waals surface area contributed by atoms with Crippen LogP contribution in [-0.2, 0) is 11.3 Å². The van der Waals surface area contributed by atoms with Crippen LogP contribution in [0.25, 0.3) is 10.8 Å². The number of amidine groups is 1. The minimum Gasteiger partial charge on any atom is -0.270 e. The molecule has 6 rings (SSSR count). The van der Waals surface area contributed by atoms with E-state index in [1.807, 2.05) is 28.8 Å². The predicted octanol–water partition coefficient (Wildman–Crippen LogP) is 2.87. The number of imide groups is 1. The normalized spacial score (nSPS) is 19.7. The molecule has 0 spiro atoms. The predicted molar refractivity (Wildman–Crippen MR) is 130 cm³/mol. The highest BCUT2D eigenvalue weighted by Crippen LogP contribution is 2.26. The molecule has 1 saturated heterocycles. The number of halogens is 1. The van der Waals surface area contributed by atoms with E-state index in [0.29, 0.717) is 30.6 Å². The van der Waals surface area contributed by atoms with E-state index in [1.54, 1.807) is 24.2 Å². The van der Waals surface area contributed by atoms with Gasteiger partial charge in [0.1, 0.15) is 24.6 Å². The Morgan fingerprint density at radius 2 is 1.71 bits per heavy atom. The van der Waals surface area contributed by atoms with E-state index in [2.05, 4.69) is 18.2 Å². The number of nitrogens with zero attached hydrogens (tertiary/aromatic N) is 6. The number of carbonyl (C=O) groups excluding carboxylic acids is 2. The molecule has 8 nitrogen and oxygen atoms in total. The highest BCUT2D eigenvalue weighted by molar-refractivity contribution is 6.23. The molecule has 35 heavy (non-hydrogen) atoms. The number of fused-ring (bicyclic) bond motifs is 3. The molecule has 1 atom stereocenters. The molecular weight excluding hydrogens is 447 g/mol. The summed E-state index contributed by atoms with van der Waals surface area (Å²) in [4.78, 5) is 33.0. The van der Waals surface area contributed by atoms with Crippen molar-refractivity contribution in [2.45, 2.75) is 12.6 Å². The summed E-state index contributed by atoms with van der Waals surface area (Å²) >= 11 is 0. The molecule has 1 fully saturated rings. The lowest BCUT2D eigenvalue weighted by Gasteiger charge is -2.32. The summed E-state index contributed by atoms with van der Waals surface area (Å²) in [6, 6.07) is 19.2. The summed E-state index contributed by atoms with van der Waals surface area (Å²) in [6.07, 6.45) is 0. The van der Waals surface area contributed by atoms with Crippen molar-refractivity contribution in [3.05, 3.63) is 83.7 Å². The first-order valence-electron chi connectivity index (χ1n) is 11.3. The zero-order chi connectivity index (χ0) is 24.3. The summed E-state index contributed by atoms with van der Waals surface area (Å²) in [6.45, 7) is 0.704. The van der Waals surface area contributed by atoms with Crippen LogP contribution in [0.3, 0.4) is 0 Å². The van der Waals surface area contributed by atoms with Gasteiger partial charge in [0.2, 0.25) is 11.9 Å². The van der Waals surface area contributed by atoms with Crippen molar-refractivity contribution >= 4 is 40.2 Å². The van der Waals surface area contributed by atoms with Gasteiger partial charge in [-0.15, -0.1) is 10.1 Å². The number of hydrazone groups is 1. The lowest BCUT2D eigenvalue weighted by atomic mass is 10.0. The van der Waals surface area contributed by atoms with Crippen molar-refractivity contribution in [2.75, 3.05) is 20.6 Å². The van der Waals surface area contributed by atoms with Gasteiger partial charge in [-0.2, -0.15) is 0 Å². The molecule has 9 heteroatoms. The number of likely N-dealkylation sites (N-methyl/N-ethyl adjacent to an activating group) is 2. The van der Waals surface area contributed by atoms with E-state index >= 15 is 0 Å². The molecule has 3 heterocycles. The quantitative estimate of drug-likeness (QED) is 0.554. The Hall–Kier alpha value is -4.40. The molecule has 3 amide bonds. The van der Waals surface area contributed by atoms with Crippen LogP contribution < -0.4 is 0 Å². The van der Waals surface area contributed by atoms with Gasteiger partial charge in [0, 0.05) is 19.7 Å². The maximum atomic E-state index is 13.6. The first kappa shape index (κ1) is 21.2. The van der Waals surface area contributed by atoms with Crippen LogP contribution in [0.1, 0.15) is 11.1 Å². The fourth-order valence-electron chi connectivity index (χ4n) is 4.83. The third kappa shape index (κ3) is 3.30. The molecule has 0 aliphatic carbocycles. The fourth-order valence-corrected chi connectivity index (χ4v) is 4.83. The lowest BCUT2D eigenvalue weighted by Crippen LogP contribution is -2.62. The first-order chi connectivity index (χ1) is 16.9. The van der Waals surface area contributed by atoms with E-state index in [-0.39, 0.29) is 11.7 Å². The Morgan fingerprint density at radius 3 is 2.51 bits per heavy atom. The van der Waals surface area contributed by atoms with E-state index in [4.69, 9.17) is 10.1 Å². The van der Waals surface area contributed by atoms with Crippen molar-refractivity contribution in [3.63, 3.8) is 0 Å². The summed E-state index contributed by atoms with van der Waals surface area (Å²) in [5.74, 6) is 0.215. The van der Waals surface area contributed by atoms with Gasteiger partial charge in [0.15, 0.2) is 0 Å². The molecule has 174 valence electrons.